The van der Waals surface area contributed by atoms with E-state index in [-0.39, 0.29) is 6.03 Å². The zero-order chi connectivity index (χ0) is 19.8. The van der Waals surface area contributed by atoms with Crippen LogP contribution in [0.5, 0.6) is 0 Å². The summed E-state index contributed by atoms with van der Waals surface area (Å²) in [6.07, 6.45) is 0.836. The first-order valence-corrected chi connectivity index (χ1v) is 9.81. The molecule has 3 rings (SSSR count). The van der Waals surface area contributed by atoms with Crippen molar-refractivity contribution >= 4 is 16.8 Å². The van der Waals surface area contributed by atoms with Gasteiger partial charge in [-0.1, -0.05) is 72.8 Å². The molecule has 0 bridgehead atoms. The molecule has 0 atom stereocenters. The average Bonchev–Trinajstić information content (AvgIpc) is 2.71. The van der Waals surface area contributed by atoms with Gasteiger partial charge in [0, 0.05) is 26.2 Å². The maximum Gasteiger partial charge on any atom is 0.317 e. The van der Waals surface area contributed by atoms with Crippen molar-refractivity contribution in [2.45, 2.75) is 13.0 Å². The monoisotopic (exact) mass is 375 g/mol. The lowest BCUT2D eigenvalue weighted by molar-refractivity contribution is 0.189. The molecule has 0 radical (unpaired) electrons. The Morgan fingerprint density at radius 2 is 1.57 bits per heavy atom. The first kappa shape index (κ1) is 19.9. The van der Waals surface area contributed by atoms with Gasteiger partial charge in [-0.2, -0.15) is 0 Å². The highest BCUT2D eigenvalue weighted by Crippen LogP contribution is 2.20. The molecule has 28 heavy (non-hydrogen) atoms. The molecule has 0 unspecified atom stereocenters. The summed E-state index contributed by atoms with van der Waals surface area (Å²) >= 11 is 0. The van der Waals surface area contributed by atoms with Crippen molar-refractivity contribution in [3.8, 4) is 0 Å². The molecule has 0 fully saturated rings. The zero-order valence-corrected chi connectivity index (χ0v) is 16.8. The quantitative estimate of drug-likeness (QED) is 0.642. The molecule has 0 spiro atoms. The zero-order valence-electron chi connectivity index (χ0n) is 16.8. The Balaban J connectivity index is 1.68. The fourth-order valence-electron chi connectivity index (χ4n) is 3.28. The van der Waals surface area contributed by atoms with Crippen molar-refractivity contribution in [2.24, 2.45) is 0 Å². The van der Waals surface area contributed by atoms with Crippen molar-refractivity contribution in [1.82, 2.24) is 15.1 Å². The van der Waals surface area contributed by atoms with Gasteiger partial charge in [0.2, 0.25) is 0 Å². The molecular formula is C24H29N3O. The van der Waals surface area contributed by atoms with Gasteiger partial charge in [-0.25, -0.2) is 4.79 Å². The molecule has 0 heterocycles. The molecule has 3 aromatic carbocycles. The van der Waals surface area contributed by atoms with E-state index in [1.807, 2.05) is 43.3 Å². The number of benzene rings is 3. The molecule has 4 nitrogen and oxygen atoms in total. The maximum atomic E-state index is 12.9. The number of carbonyl (C=O) groups is 1. The van der Waals surface area contributed by atoms with E-state index in [0.717, 1.165) is 13.0 Å². The number of amides is 2. The summed E-state index contributed by atoms with van der Waals surface area (Å²) in [7, 11) is 4.06. The van der Waals surface area contributed by atoms with E-state index in [1.54, 1.807) is 0 Å². The van der Waals surface area contributed by atoms with Crippen LogP contribution in [0.4, 0.5) is 4.79 Å². The first-order valence-electron chi connectivity index (χ1n) is 9.81. The molecule has 146 valence electrons. The number of likely N-dealkylation sites (N-methyl/N-ethyl adjacent to an activating group) is 1. The predicted molar refractivity (Wildman–Crippen MR) is 116 cm³/mol. The van der Waals surface area contributed by atoms with Gasteiger partial charge in [0.1, 0.15) is 0 Å². The Kier molecular flexibility index (Phi) is 7.04. The van der Waals surface area contributed by atoms with Crippen LogP contribution in [-0.2, 0) is 13.0 Å². The number of nitrogens with zero attached hydrogens (tertiary/aromatic N) is 2. The number of hydrogen-bond donors (Lipinski definition) is 1. The summed E-state index contributed by atoms with van der Waals surface area (Å²) < 4.78 is 0. The molecule has 0 aromatic heterocycles. The summed E-state index contributed by atoms with van der Waals surface area (Å²) in [5.41, 5.74) is 2.41. The van der Waals surface area contributed by atoms with Crippen LogP contribution in [0.1, 0.15) is 11.1 Å². The molecule has 3 aromatic rings. The van der Waals surface area contributed by atoms with Gasteiger partial charge in [-0.05, 0) is 42.4 Å². The molecule has 0 aliphatic carbocycles. The van der Waals surface area contributed by atoms with Gasteiger partial charge in [0.25, 0.3) is 0 Å². The Labute approximate surface area is 167 Å². The third kappa shape index (κ3) is 5.57. The third-order valence-corrected chi connectivity index (χ3v) is 4.88. The normalized spacial score (nSPS) is 11.0. The van der Waals surface area contributed by atoms with Crippen LogP contribution in [0.2, 0.25) is 0 Å². The van der Waals surface area contributed by atoms with E-state index in [1.165, 1.54) is 21.9 Å². The van der Waals surface area contributed by atoms with Gasteiger partial charge in [0.05, 0.1) is 0 Å². The van der Waals surface area contributed by atoms with E-state index in [4.69, 9.17) is 0 Å². The largest absolute Gasteiger partial charge is 0.338 e. The Hall–Kier alpha value is -2.85. The molecule has 0 saturated heterocycles. The number of rotatable bonds is 8. The van der Waals surface area contributed by atoms with Crippen LogP contribution in [0.15, 0.2) is 72.8 Å². The second kappa shape index (κ2) is 9.90. The fourth-order valence-corrected chi connectivity index (χ4v) is 3.28. The molecular weight excluding hydrogens is 346 g/mol. The average molecular weight is 376 g/mol. The fraction of sp³-hybridized carbons (Fsp3) is 0.292. The van der Waals surface area contributed by atoms with Crippen LogP contribution in [-0.4, -0.2) is 49.6 Å². The molecule has 2 amide bonds. The van der Waals surface area contributed by atoms with Crippen molar-refractivity contribution in [3.63, 3.8) is 0 Å². The van der Waals surface area contributed by atoms with E-state index in [0.29, 0.717) is 19.6 Å². The van der Waals surface area contributed by atoms with Gasteiger partial charge >= 0.3 is 6.03 Å². The van der Waals surface area contributed by atoms with Crippen LogP contribution in [0.3, 0.4) is 0 Å². The van der Waals surface area contributed by atoms with E-state index >= 15 is 0 Å². The Morgan fingerprint density at radius 1 is 0.857 bits per heavy atom. The minimum Gasteiger partial charge on any atom is -0.338 e. The highest BCUT2D eigenvalue weighted by molar-refractivity contribution is 5.86. The molecule has 0 aliphatic rings. The molecule has 4 heteroatoms. The first-order chi connectivity index (χ1) is 13.6. The van der Waals surface area contributed by atoms with Gasteiger partial charge in [-0.15, -0.1) is 0 Å². The minimum absolute atomic E-state index is 0.00860. The second-order valence-corrected chi connectivity index (χ2v) is 7.33. The van der Waals surface area contributed by atoms with Crippen molar-refractivity contribution in [3.05, 3.63) is 83.9 Å². The summed E-state index contributed by atoms with van der Waals surface area (Å²) in [6, 6.07) is 24.9. The standard InChI is InChI=1S/C24H29N3O/c1-26(2)17-18-27(24(28)25-16-15-20-9-4-3-5-10-20)19-22-13-8-12-21-11-6-7-14-23(21)22/h3-14H,15-19H2,1-2H3,(H,25,28). The van der Waals surface area contributed by atoms with Crippen molar-refractivity contribution in [2.75, 3.05) is 33.7 Å². The summed E-state index contributed by atoms with van der Waals surface area (Å²) in [4.78, 5) is 16.9. The van der Waals surface area contributed by atoms with Crippen LogP contribution in [0.25, 0.3) is 10.8 Å². The third-order valence-electron chi connectivity index (χ3n) is 4.88. The number of fused-ring (bicyclic) bond motifs is 1. The summed E-state index contributed by atoms with van der Waals surface area (Å²) in [6.45, 7) is 2.76. The number of nitrogens with one attached hydrogen (secondary N) is 1. The van der Waals surface area contributed by atoms with Gasteiger partial charge < -0.3 is 15.1 Å². The second-order valence-electron chi connectivity index (χ2n) is 7.33. The van der Waals surface area contributed by atoms with Crippen molar-refractivity contribution in [1.29, 1.82) is 0 Å². The number of carbonyl (C=O) groups excluding carboxylic acids is 1. The number of hydrogen-bond acceptors (Lipinski definition) is 2. The predicted octanol–water partition coefficient (Wildman–Crippen LogP) is 4.16. The summed E-state index contributed by atoms with van der Waals surface area (Å²) in [5.74, 6) is 0. The lowest BCUT2D eigenvalue weighted by Crippen LogP contribution is -2.43. The van der Waals surface area contributed by atoms with Crippen LogP contribution >= 0.6 is 0 Å². The van der Waals surface area contributed by atoms with Crippen LogP contribution < -0.4 is 5.32 Å². The molecule has 0 saturated carbocycles. The van der Waals surface area contributed by atoms with Crippen LogP contribution in [0, 0.1) is 0 Å². The van der Waals surface area contributed by atoms with Gasteiger partial charge in [0.15, 0.2) is 0 Å². The Bertz CT molecular complexity index is 887. The molecule has 0 aliphatic heterocycles. The topological polar surface area (TPSA) is 35.6 Å². The van der Waals surface area contributed by atoms with E-state index in [9.17, 15) is 4.79 Å². The smallest absolute Gasteiger partial charge is 0.317 e. The van der Waals surface area contributed by atoms with E-state index < -0.39 is 0 Å². The lowest BCUT2D eigenvalue weighted by atomic mass is 10.0. The Morgan fingerprint density at radius 3 is 2.36 bits per heavy atom. The maximum absolute atomic E-state index is 12.9. The SMILES string of the molecule is CN(C)CCN(Cc1cccc2ccccc12)C(=O)NCCc1ccccc1. The number of urea groups is 1. The van der Waals surface area contributed by atoms with Gasteiger partial charge in [-0.3, -0.25) is 0 Å². The van der Waals surface area contributed by atoms with Crippen molar-refractivity contribution < 1.29 is 4.79 Å². The lowest BCUT2D eigenvalue weighted by Gasteiger charge is -2.25. The van der Waals surface area contributed by atoms with E-state index in [2.05, 4.69) is 58.7 Å². The minimum atomic E-state index is -0.00860. The summed E-state index contributed by atoms with van der Waals surface area (Å²) in [5, 5.41) is 5.50. The molecule has 1 N–H and O–H groups in total. The highest BCUT2D eigenvalue weighted by atomic mass is 16.2. The highest BCUT2D eigenvalue weighted by Gasteiger charge is 2.15.